The second-order valence-corrected chi connectivity index (χ2v) is 7.06. The van der Waals surface area contributed by atoms with Gasteiger partial charge in [0.25, 0.3) is 5.91 Å². The van der Waals surface area contributed by atoms with Crippen molar-refractivity contribution >= 4 is 63.1 Å². The first-order chi connectivity index (χ1) is 12.9. The number of methoxy groups -OCH3 is 2. The molecule has 0 unspecified atom stereocenters. The summed E-state index contributed by atoms with van der Waals surface area (Å²) in [6.45, 7) is 0. The van der Waals surface area contributed by atoms with E-state index in [1.165, 1.54) is 25.4 Å². The van der Waals surface area contributed by atoms with Gasteiger partial charge in [-0.3, -0.25) is 4.79 Å². The van der Waals surface area contributed by atoms with Crippen LogP contribution in [0.25, 0.3) is 0 Å². The van der Waals surface area contributed by atoms with Crippen LogP contribution >= 0.6 is 45.8 Å². The molecule has 0 fully saturated rings. The zero-order valence-corrected chi connectivity index (χ0v) is 17.9. The first-order valence-corrected chi connectivity index (χ1v) is 9.27. The van der Waals surface area contributed by atoms with Gasteiger partial charge in [-0.15, -0.1) is 0 Å². The molecule has 0 radical (unpaired) electrons. The van der Waals surface area contributed by atoms with Gasteiger partial charge in [0.2, 0.25) is 0 Å². The van der Waals surface area contributed by atoms with Crippen LogP contribution in [0.2, 0.25) is 10.0 Å². The lowest BCUT2D eigenvalue weighted by Crippen LogP contribution is -2.15. The summed E-state index contributed by atoms with van der Waals surface area (Å²) in [5.74, 6) is 0.457. The fourth-order valence-electron chi connectivity index (χ4n) is 2.03. The molecule has 0 aliphatic carbocycles. The van der Waals surface area contributed by atoms with Crippen LogP contribution < -0.4 is 20.1 Å². The summed E-state index contributed by atoms with van der Waals surface area (Å²) in [5.41, 5.74) is 0.848. The van der Waals surface area contributed by atoms with E-state index in [0.717, 1.165) is 9.32 Å². The SMILES string of the molecule is COc1cc(NC(=O)/C(C#N)=C/Nc2ccc(OC)c(I)c2)c(Cl)cc1Cl. The molecule has 1 amide bonds. The van der Waals surface area contributed by atoms with Gasteiger partial charge in [-0.2, -0.15) is 5.26 Å². The largest absolute Gasteiger partial charge is 0.496 e. The van der Waals surface area contributed by atoms with E-state index in [1.54, 1.807) is 19.2 Å². The minimum atomic E-state index is -0.625. The molecule has 0 aliphatic heterocycles. The number of carbonyl (C=O) groups is 1. The third kappa shape index (κ3) is 5.42. The zero-order chi connectivity index (χ0) is 20.0. The molecule has 2 rings (SSSR count). The van der Waals surface area contributed by atoms with Crippen LogP contribution in [0, 0.1) is 14.9 Å². The molecule has 0 saturated carbocycles. The topological polar surface area (TPSA) is 83.4 Å². The maximum absolute atomic E-state index is 12.4. The Labute approximate surface area is 180 Å². The Kier molecular flexibility index (Phi) is 7.59. The van der Waals surface area contributed by atoms with Crippen molar-refractivity contribution in [2.75, 3.05) is 24.9 Å². The molecular formula is C18H14Cl2IN3O3. The fraction of sp³-hybridized carbons (Fsp3) is 0.111. The Morgan fingerprint density at radius 2 is 1.85 bits per heavy atom. The van der Waals surface area contributed by atoms with Crippen LogP contribution in [0.3, 0.4) is 0 Å². The third-order valence-electron chi connectivity index (χ3n) is 3.39. The Morgan fingerprint density at radius 3 is 2.44 bits per heavy atom. The van der Waals surface area contributed by atoms with E-state index in [1.807, 2.05) is 12.1 Å². The van der Waals surface area contributed by atoms with Crippen LogP contribution in [0.5, 0.6) is 11.5 Å². The normalized spacial score (nSPS) is 10.7. The van der Waals surface area contributed by atoms with E-state index in [4.69, 9.17) is 32.7 Å². The number of hydrogen-bond acceptors (Lipinski definition) is 5. The Balaban J connectivity index is 2.17. The average molecular weight is 518 g/mol. The Morgan fingerprint density at radius 1 is 1.15 bits per heavy atom. The lowest BCUT2D eigenvalue weighted by Gasteiger charge is -2.10. The van der Waals surface area contributed by atoms with Gasteiger partial charge in [0.15, 0.2) is 0 Å². The summed E-state index contributed by atoms with van der Waals surface area (Å²) in [6.07, 6.45) is 1.31. The van der Waals surface area contributed by atoms with Gasteiger partial charge in [0.1, 0.15) is 23.1 Å². The second kappa shape index (κ2) is 9.69. The molecule has 2 N–H and O–H groups in total. The Bertz CT molecular complexity index is 942. The monoisotopic (exact) mass is 517 g/mol. The van der Waals surface area contributed by atoms with Crippen LogP contribution in [-0.2, 0) is 4.79 Å². The van der Waals surface area contributed by atoms with Crippen molar-refractivity contribution < 1.29 is 14.3 Å². The molecule has 0 bridgehead atoms. The maximum Gasteiger partial charge on any atom is 0.267 e. The maximum atomic E-state index is 12.4. The number of nitrogens with zero attached hydrogens (tertiary/aromatic N) is 1. The molecule has 0 heterocycles. The van der Waals surface area contributed by atoms with Crippen LogP contribution in [0.4, 0.5) is 11.4 Å². The number of carbonyl (C=O) groups excluding carboxylic acids is 1. The van der Waals surface area contributed by atoms with Gasteiger partial charge in [-0.05, 0) is 46.9 Å². The molecule has 0 spiro atoms. The number of benzene rings is 2. The first-order valence-electron chi connectivity index (χ1n) is 7.44. The second-order valence-electron chi connectivity index (χ2n) is 5.08. The zero-order valence-electron chi connectivity index (χ0n) is 14.3. The highest BCUT2D eigenvalue weighted by atomic mass is 127. The summed E-state index contributed by atoms with van der Waals surface area (Å²) < 4.78 is 11.2. The van der Waals surface area contributed by atoms with E-state index >= 15 is 0 Å². The number of rotatable bonds is 6. The van der Waals surface area contributed by atoms with Crippen molar-refractivity contribution in [2.24, 2.45) is 0 Å². The number of hydrogen-bond donors (Lipinski definition) is 2. The molecule has 140 valence electrons. The highest BCUT2D eigenvalue weighted by molar-refractivity contribution is 14.1. The van der Waals surface area contributed by atoms with Crippen molar-refractivity contribution in [3.8, 4) is 17.6 Å². The van der Waals surface area contributed by atoms with Crippen LogP contribution in [0.15, 0.2) is 42.1 Å². The van der Waals surface area contributed by atoms with E-state index in [-0.39, 0.29) is 16.3 Å². The fourth-order valence-corrected chi connectivity index (χ4v) is 3.27. The molecule has 0 atom stereocenters. The molecule has 27 heavy (non-hydrogen) atoms. The number of nitrogens with one attached hydrogen (secondary N) is 2. The number of ether oxygens (including phenoxy) is 2. The van der Waals surface area contributed by atoms with Crippen molar-refractivity contribution in [3.05, 3.63) is 55.7 Å². The van der Waals surface area contributed by atoms with Gasteiger partial charge >= 0.3 is 0 Å². The highest BCUT2D eigenvalue weighted by Gasteiger charge is 2.14. The van der Waals surface area contributed by atoms with Crippen molar-refractivity contribution in [1.29, 1.82) is 5.26 Å². The van der Waals surface area contributed by atoms with Gasteiger partial charge < -0.3 is 20.1 Å². The summed E-state index contributed by atoms with van der Waals surface area (Å²) in [6, 6.07) is 10.2. The molecule has 6 nitrogen and oxygen atoms in total. The van der Waals surface area contributed by atoms with Crippen LogP contribution in [-0.4, -0.2) is 20.1 Å². The van der Waals surface area contributed by atoms with Gasteiger partial charge in [-0.1, -0.05) is 23.2 Å². The molecule has 0 saturated heterocycles. The van der Waals surface area contributed by atoms with E-state index in [9.17, 15) is 10.1 Å². The standard InChI is InChI=1S/C18H14Cl2IN3O3/c1-26-16-4-3-11(5-14(16)21)23-9-10(8-22)18(25)24-15-7-17(27-2)13(20)6-12(15)19/h3-7,9,23H,1-2H3,(H,24,25)/b10-9+. The quantitative estimate of drug-likeness (QED) is 0.317. The van der Waals surface area contributed by atoms with Gasteiger partial charge in [0, 0.05) is 18.0 Å². The minimum absolute atomic E-state index is 0.134. The number of anilines is 2. The lowest BCUT2D eigenvalue weighted by molar-refractivity contribution is -0.112. The molecule has 0 aliphatic rings. The predicted molar refractivity (Wildman–Crippen MR) is 115 cm³/mol. The van der Waals surface area contributed by atoms with E-state index < -0.39 is 5.91 Å². The summed E-state index contributed by atoms with van der Waals surface area (Å²) in [4.78, 5) is 12.4. The average Bonchev–Trinajstić information content (AvgIpc) is 2.64. The van der Waals surface area contributed by atoms with Crippen LogP contribution in [0.1, 0.15) is 0 Å². The molecule has 2 aromatic rings. The lowest BCUT2D eigenvalue weighted by atomic mass is 10.2. The molecular weight excluding hydrogens is 504 g/mol. The molecule has 2 aromatic carbocycles. The number of amides is 1. The Hall–Kier alpha value is -2.15. The van der Waals surface area contributed by atoms with Crippen molar-refractivity contribution in [2.45, 2.75) is 0 Å². The summed E-state index contributed by atoms with van der Waals surface area (Å²) in [7, 11) is 3.03. The predicted octanol–water partition coefficient (Wildman–Crippen LogP) is 5.07. The smallest absolute Gasteiger partial charge is 0.267 e. The van der Waals surface area contributed by atoms with E-state index in [2.05, 4.69) is 33.2 Å². The minimum Gasteiger partial charge on any atom is -0.496 e. The molecule has 0 aromatic heterocycles. The number of halogens is 3. The number of nitriles is 1. The van der Waals surface area contributed by atoms with Crippen molar-refractivity contribution in [3.63, 3.8) is 0 Å². The summed E-state index contributed by atoms with van der Waals surface area (Å²) in [5, 5.41) is 15.3. The summed E-state index contributed by atoms with van der Waals surface area (Å²) >= 11 is 14.2. The van der Waals surface area contributed by atoms with Gasteiger partial charge in [-0.25, -0.2) is 0 Å². The third-order valence-corrected chi connectivity index (χ3v) is 4.84. The van der Waals surface area contributed by atoms with Gasteiger partial charge in [0.05, 0.1) is 33.5 Å². The van der Waals surface area contributed by atoms with E-state index in [0.29, 0.717) is 16.5 Å². The molecule has 9 heteroatoms. The highest BCUT2D eigenvalue weighted by Crippen LogP contribution is 2.34. The van der Waals surface area contributed by atoms with Crippen molar-refractivity contribution in [1.82, 2.24) is 0 Å². The first kappa shape index (κ1) is 21.2.